The maximum absolute atomic E-state index is 11.8. The minimum absolute atomic E-state index is 0. The van der Waals surface area contributed by atoms with Crippen molar-refractivity contribution in [2.75, 3.05) is 20.1 Å². The van der Waals surface area contributed by atoms with E-state index in [4.69, 9.17) is 4.74 Å². The number of carbonyl (C=O) groups excluding carboxylic acids is 1. The third-order valence-corrected chi connectivity index (χ3v) is 5.23. The molecular weight excluding hydrogens is 503 g/mol. The number of rotatable bonds is 8. The third-order valence-electron chi connectivity index (χ3n) is 5.23. The fraction of sp³-hybridized carbons (Fsp3) is 0.417. The van der Waals surface area contributed by atoms with E-state index in [0.29, 0.717) is 26.1 Å². The topological polar surface area (TPSA) is 66.0 Å². The highest BCUT2D eigenvalue weighted by Crippen LogP contribution is 2.17. The quantitative estimate of drug-likeness (QED) is 0.306. The summed E-state index contributed by atoms with van der Waals surface area (Å²) in [6, 6.07) is 16.4. The molecule has 1 aliphatic heterocycles. The van der Waals surface area contributed by atoms with Crippen LogP contribution >= 0.6 is 24.0 Å². The Morgan fingerprint density at radius 3 is 2.48 bits per heavy atom. The SMILES string of the molecule is CN=C(NCc1ccc(CN2CCCC2=O)cc1)NCC(C)Oc1ccccc1C.I. The number of para-hydroxylation sites is 1. The lowest BCUT2D eigenvalue weighted by Crippen LogP contribution is -2.41. The van der Waals surface area contributed by atoms with E-state index >= 15 is 0 Å². The molecule has 0 saturated carbocycles. The first kappa shape index (κ1) is 25.0. The van der Waals surface area contributed by atoms with Crippen molar-refractivity contribution in [3.63, 3.8) is 0 Å². The maximum atomic E-state index is 11.8. The molecule has 2 aromatic carbocycles. The van der Waals surface area contributed by atoms with Crippen LogP contribution in [0.3, 0.4) is 0 Å². The summed E-state index contributed by atoms with van der Waals surface area (Å²) in [5, 5.41) is 6.65. The Morgan fingerprint density at radius 1 is 1.13 bits per heavy atom. The molecule has 2 N–H and O–H groups in total. The summed E-state index contributed by atoms with van der Waals surface area (Å²) in [5.41, 5.74) is 3.46. The molecule has 0 radical (unpaired) electrons. The lowest BCUT2D eigenvalue weighted by atomic mass is 10.1. The number of hydrogen-bond acceptors (Lipinski definition) is 3. The standard InChI is InChI=1S/C24H32N4O2.HI/c1-18-7-4-5-8-22(18)30-19(2)15-26-24(25-3)27-16-20-10-12-21(13-11-20)17-28-14-6-9-23(28)29;/h4-5,7-8,10-13,19H,6,9,14-17H2,1-3H3,(H2,25,26,27);1H. The number of nitrogens with one attached hydrogen (secondary N) is 2. The van der Waals surface area contributed by atoms with Crippen LogP contribution in [0.4, 0.5) is 0 Å². The van der Waals surface area contributed by atoms with Gasteiger partial charge in [0, 0.05) is 33.1 Å². The lowest BCUT2D eigenvalue weighted by Gasteiger charge is -2.19. The largest absolute Gasteiger partial charge is 0.489 e. The first-order valence-electron chi connectivity index (χ1n) is 10.6. The second-order valence-corrected chi connectivity index (χ2v) is 7.74. The number of hydrogen-bond donors (Lipinski definition) is 2. The van der Waals surface area contributed by atoms with Crippen LogP contribution in [0, 0.1) is 6.92 Å². The van der Waals surface area contributed by atoms with Gasteiger partial charge in [0.05, 0.1) is 6.54 Å². The zero-order valence-corrected chi connectivity index (χ0v) is 20.9. The van der Waals surface area contributed by atoms with Crippen molar-refractivity contribution in [1.82, 2.24) is 15.5 Å². The summed E-state index contributed by atoms with van der Waals surface area (Å²) in [5.74, 6) is 1.91. The van der Waals surface area contributed by atoms with Gasteiger partial charge < -0.3 is 20.3 Å². The molecule has 1 amide bonds. The summed E-state index contributed by atoms with van der Waals surface area (Å²) in [6.07, 6.45) is 1.67. The van der Waals surface area contributed by atoms with Crippen LogP contribution in [-0.2, 0) is 17.9 Å². The number of benzene rings is 2. The number of halogens is 1. The molecule has 1 heterocycles. The van der Waals surface area contributed by atoms with E-state index in [0.717, 1.165) is 30.2 Å². The molecule has 2 aromatic rings. The van der Waals surface area contributed by atoms with Crippen molar-refractivity contribution in [3.05, 3.63) is 65.2 Å². The van der Waals surface area contributed by atoms with Crippen LogP contribution in [0.1, 0.15) is 36.5 Å². The van der Waals surface area contributed by atoms with Gasteiger partial charge in [-0.05, 0) is 43.0 Å². The molecule has 7 heteroatoms. The fourth-order valence-corrected chi connectivity index (χ4v) is 3.45. The normalized spacial score (nSPS) is 14.7. The van der Waals surface area contributed by atoms with Crippen LogP contribution in [0.5, 0.6) is 5.75 Å². The Kier molecular flexibility index (Phi) is 10.1. The van der Waals surface area contributed by atoms with Crippen molar-refractivity contribution in [3.8, 4) is 5.75 Å². The van der Waals surface area contributed by atoms with Crippen LogP contribution in [0.15, 0.2) is 53.5 Å². The van der Waals surface area contributed by atoms with Gasteiger partial charge in [0.15, 0.2) is 5.96 Å². The number of aliphatic imine (C=N–C) groups is 1. The Bertz CT molecular complexity index is 870. The Morgan fingerprint density at radius 2 is 1.84 bits per heavy atom. The monoisotopic (exact) mass is 536 g/mol. The maximum Gasteiger partial charge on any atom is 0.222 e. The zero-order valence-electron chi connectivity index (χ0n) is 18.6. The molecule has 0 bridgehead atoms. The minimum Gasteiger partial charge on any atom is -0.489 e. The fourth-order valence-electron chi connectivity index (χ4n) is 3.45. The molecule has 1 saturated heterocycles. The zero-order chi connectivity index (χ0) is 21.3. The van der Waals surface area contributed by atoms with Gasteiger partial charge in [-0.3, -0.25) is 9.79 Å². The Balaban J connectivity index is 0.00000341. The van der Waals surface area contributed by atoms with Gasteiger partial charge >= 0.3 is 0 Å². The molecule has 0 aliphatic carbocycles. The van der Waals surface area contributed by atoms with E-state index < -0.39 is 0 Å². The van der Waals surface area contributed by atoms with Crippen LogP contribution < -0.4 is 15.4 Å². The molecule has 0 spiro atoms. The average molecular weight is 536 g/mol. The number of likely N-dealkylation sites (tertiary alicyclic amines) is 1. The van der Waals surface area contributed by atoms with Gasteiger partial charge in [-0.2, -0.15) is 0 Å². The molecule has 1 aliphatic rings. The van der Waals surface area contributed by atoms with Crippen molar-refractivity contribution in [2.24, 2.45) is 4.99 Å². The Labute approximate surface area is 202 Å². The van der Waals surface area contributed by atoms with Gasteiger partial charge in [0.1, 0.15) is 11.9 Å². The van der Waals surface area contributed by atoms with Crippen LogP contribution in [0.25, 0.3) is 0 Å². The van der Waals surface area contributed by atoms with Gasteiger partial charge in [-0.15, -0.1) is 24.0 Å². The highest BCUT2D eigenvalue weighted by atomic mass is 127. The number of carbonyl (C=O) groups is 1. The van der Waals surface area contributed by atoms with Gasteiger partial charge in [0.2, 0.25) is 5.91 Å². The minimum atomic E-state index is 0. The summed E-state index contributed by atoms with van der Waals surface area (Å²) >= 11 is 0. The highest BCUT2D eigenvalue weighted by molar-refractivity contribution is 14.0. The predicted molar refractivity (Wildman–Crippen MR) is 136 cm³/mol. The molecule has 6 nitrogen and oxygen atoms in total. The summed E-state index contributed by atoms with van der Waals surface area (Å²) < 4.78 is 6.00. The molecule has 1 fully saturated rings. The van der Waals surface area contributed by atoms with E-state index in [1.54, 1.807) is 7.05 Å². The lowest BCUT2D eigenvalue weighted by molar-refractivity contribution is -0.128. The average Bonchev–Trinajstić information content (AvgIpc) is 3.15. The number of guanidine groups is 1. The molecule has 168 valence electrons. The van der Waals surface area contributed by atoms with Gasteiger partial charge in [-0.25, -0.2) is 0 Å². The van der Waals surface area contributed by atoms with Crippen molar-refractivity contribution >= 4 is 35.8 Å². The second kappa shape index (κ2) is 12.5. The molecule has 0 aromatic heterocycles. The van der Waals surface area contributed by atoms with Gasteiger partial charge in [0.25, 0.3) is 0 Å². The molecule has 31 heavy (non-hydrogen) atoms. The first-order valence-corrected chi connectivity index (χ1v) is 10.6. The van der Waals surface area contributed by atoms with E-state index in [-0.39, 0.29) is 36.0 Å². The summed E-state index contributed by atoms with van der Waals surface area (Å²) in [7, 11) is 1.76. The summed E-state index contributed by atoms with van der Waals surface area (Å²) in [4.78, 5) is 18.0. The summed E-state index contributed by atoms with van der Waals surface area (Å²) in [6.45, 7) is 6.98. The Hall–Kier alpha value is -2.29. The van der Waals surface area contributed by atoms with Crippen molar-refractivity contribution < 1.29 is 9.53 Å². The molecular formula is C24H33IN4O2. The van der Waals surface area contributed by atoms with Gasteiger partial charge in [-0.1, -0.05) is 42.5 Å². The van der Waals surface area contributed by atoms with Crippen LogP contribution in [0.2, 0.25) is 0 Å². The smallest absolute Gasteiger partial charge is 0.222 e. The predicted octanol–water partition coefficient (Wildman–Crippen LogP) is 3.87. The highest BCUT2D eigenvalue weighted by Gasteiger charge is 2.19. The molecule has 1 unspecified atom stereocenters. The second-order valence-electron chi connectivity index (χ2n) is 7.74. The number of ether oxygens (including phenoxy) is 1. The number of amides is 1. The van der Waals surface area contributed by atoms with Crippen molar-refractivity contribution in [1.29, 1.82) is 0 Å². The third kappa shape index (κ3) is 7.72. The van der Waals surface area contributed by atoms with E-state index in [1.807, 2.05) is 43.0 Å². The van der Waals surface area contributed by atoms with E-state index in [2.05, 4.69) is 39.9 Å². The van der Waals surface area contributed by atoms with Crippen LogP contribution in [-0.4, -0.2) is 43.0 Å². The molecule has 3 rings (SSSR count). The van der Waals surface area contributed by atoms with E-state index in [1.165, 1.54) is 11.1 Å². The van der Waals surface area contributed by atoms with Crippen molar-refractivity contribution in [2.45, 2.75) is 45.9 Å². The molecule has 1 atom stereocenters. The number of nitrogens with zero attached hydrogens (tertiary/aromatic N) is 2. The van der Waals surface area contributed by atoms with E-state index in [9.17, 15) is 4.79 Å². The number of aryl methyl sites for hydroxylation is 1. The first-order chi connectivity index (χ1) is 14.5.